The summed E-state index contributed by atoms with van der Waals surface area (Å²) in [5.74, 6) is -0.326. The smallest absolute Gasteiger partial charge is 0.342 e. The lowest BCUT2D eigenvalue weighted by Gasteiger charge is -2.06. The molecule has 2 N–H and O–H groups in total. The number of carbonyl (C=O) groups excluding carboxylic acids is 1. The standard InChI is InChI=1S/C12H20N2O2.2ClH/c1-4-6-7-14-8-10(13)11(9(14)3)12(15)16-5-2;;/h8H,4-7,13H2,1-3H3;2*1H. The summed E-state index contributed by atoms with van der Waals surface area (Å²) >= 11 is 0. The van der Waals surface area contributed by atoms with E-state index in [0.717, 1.165) is 25.1 Å². The van der Waals surface area contributed by atoms with Gasteiger partial charge in [0, 0.05) is 18.4 Å². The van der Waals surface area contributed by atoms with Gasteiger partial charge in [-0.1, -0.05) is 13.3 Å². The number of nitrogen functional groups attached to an aromatic ring is 1. The molecule has 0 aliphatic rings. The normalized spacial score (nSPS) is 9.28. The number of anilines is 1. The first-order valence-electron chi connectivity index (χ1n) is 5.74. The molecule has 0 aliphatic carbocycles. The third kappa shape index (κ3) is 4.42. The Labute approximate surface area is 121 Å². The van der Waals surface area contributed by atoms with Crippen molar-refractivity contribution in [3.63, 3.8) is 0 Å². The van der Waals surface area contributed by atoms with Gasteiger partial charge in [-0.25, -0.2) is 4.79 Å². The molecule has 4 nitrogen and oxygen atoms in total. The molecule has 0 radical (unpaired) electrons. The minimum Gasteiger partial charge on any atom is -0.462 e. The van der Waals surface area contributed by atoms with Crippen LogP contribution in [0.3, 0.4) is 0 Å². The second kappa shape index (κ2) is 9.11. The molecular weight excluding hydrogens is 275 g/mol. The van der Waals surface area contributed by atoms with Gasteiger partial charge in [-0.05, 0) is 20.3 Å². The molecule has 0 saturated heterocycles. The van der Waals surface area contributed by atoms with Crippen LogP contribution in [0.15, 0.2) is 6.20 Å². The molecule has 1 heterocycles. The highest BCUT2D eigenvalue weighted by molar-refractivity contribution is 5.96. The minimum atomic E-state index is -0.326. The lowest BCUT2D eigenvalue weighted by Crippen LogP contribution is -2.08. The Morgan fingerprint density at radius 2 is 2.00 bits per heavy atom. The number of rotatable bonds is 5. The van der Waals surface area contributed by atoms with Crippen molar-refractivity contribution < 1.29 is 9.53 Å². The SMILES string of the molecule is CCCCn1cc(N)c(C(=O)OCC)c1C.Cl.Cl. The molecule has 0 fully saturated rings. The molecule has 0 atom stereocenters. The van der Waals surface area contributed by atoms with E-state index in [1.165, 1.54) is 0 Å². The lowest BCUT2D eigenvalue weighted by molar-refractivity contribution is 0.0526. The predicted octanol–water partition coefficient (Wildman–Crippen LogP) is 3.20. The van der Waals surface area contributed by atoms with Gasteiger partial charge < -0.3 is 15.0 Å². The van der Waals surface area contributed by atoms with Crippen molar-refractivity contribution in [3.8, 4) is 0 Å². The summed E-state index contributed by atoms with van der Waals surface area (Å²) in [4.78, 5) is 11.7. The number of esters is 1. The number of hydrogen-bond donors (Lipinski definition) is 1. The van der Waals surface area contributed by atoms with Gasteiger partial charge in [0.15, 0.2) is 0 Å². The van der Waals surface area contributed by atoms with E-state index in [2.05, 4.69) is 6.92 Å². The molecule has 0 aliphatic heterocycles. The van der Waals surface area contributed by atoms with Gasteiger partial charge in [-0.2, -0.15) is 0 Å². The number of ether oxygens (including phenoxy) is 1. The third-order valence-corrected chi connectivity index (χ3v) is 2.61. The maximum absolute atomic E-state index is 11.7. The summed E-state index contributed by atoms with van der Waals surface area (Å²) < 4.78 is 6.99. The Hall–Kier alpha value is -0.870. The van der Waals surface area contributed by atoms with Gasteiger partial charge in [0.25, 0.3) is 0 Å². The molecule has 0 saturated carbocycles. The molecule has 106 valence electrons. The number of aromatic nitrogens is 1. The predicted molar refractivity (Wildman–Crippen MR) is 78.9 cm³/mol. The fourth-order valence-corrected chi connectivity index (χ4v) is 1.71. The van der Waals surface area contributed by atoms with Gasteiger partial charge >= 0.3 is 5.97 Å². The van der Waals surface area contributed by atoms with Crippen LogP contribution >= 0.6 is 24.8 Å². The fraction of sp³-hybridized carbons (Fsp3) is 0.583. The van der Waals surface area contributed by atoms with E-state index in [1.807, 2.05) is 17.7 Å². The highest BCUT2D eigenvalue weighted by atomic mass is 35.5. The third-order valence-electron chi connectivity index (χ3n) is 2.61. The van der Waals surface area contributed by atoms with Crippen molar-refractivity contribution in [2.45, 2.75) is 40.2 Å². The Balaban J connectivity index is 0. The largest absolute Gasteiger partial charge is 0.462 e. The molecule has 1 aromatic rings. The topological polar surface area (TPSA) is 57.2 Å². The zero-order valence-corrected chi connectivity index (χ0v) is 12.7. The monoisotopic (exact) mass is 296 g/mol. The number of halogens is 2. The Kier molecular flexibility index (Phi) is 9.86. The van der Waals surface area contributed by atoms with Gasteiger partial charge in [-0.15, -0.1) is 24.8 Å². The molecule has 6 heteroatoms. The fourth-order valence-electron chi connectivity index (χ4n) is 1.71. The Morgan fingerprint density at radius 1 is 1.39 bits per heavy atom. The van der Waals surface area contributed by atoms with E-state index >= 15 is 0 Å². The van der Waals surface area contributed by atoms with Crippen LogP contribution in [0.25, 0.3) is 0 Å². The Morgan fingerprint density at radius 3 is 2.50 bits per heavy atom. The van der Waals surface area contributed by atoms with Gasteiger partial charge in [0.1, 0.15) is 5.56 Å². The zero-order valence-electron chi connectivity index (χ0n) is 11.1. The van der Waals surface area contributed by atoms with E-state index in [-0.39, 0.29) is 30.8 Å². The molecule has 1 aromatic heterocycles. The van der Waals surface area contributed by atoms with E-state index in [4.69, 9.17) is 10.5 Å². The first-order valence-corrected chi connectivity index (χ1v) is 5.74. The first-order chi connectivity index (χ1) is 7.61. The highest BCUT2D eigenvalue weighted by Gasteiger charge is 2.18. The van der Waals surface area contributed by atoms with Crippen LogP contribution < -0.4 is 5.73 Å². The molecule has 18 heavy (non-hydrogen) atoms. The van der Waals surface area contributed by atoms with Crippen molar-refractivity contribution in [1.82, 2.24) is 4.57 Å². The number of nitrogens with two attached hydrogens (primary N) is 1. The molecule has 0 unspecified atom stereocenters. The van der Waals surface area contributed by atoms with Crippen molar-refractivity contribution in [2.24, 2.45) is 0 Å². The average molecular weight is 297 g/mol. The van der Waals surface area contributed by atoms with Gasteiger partial charge in [0.2, 0.25) is 0 Å². The van der Waals surface area contributed by atoms with Crippen LogP contribution in [0.4, 0.5) is 5.69 Å². The average Bonchev–Trinajstić information content (AvgIpc) is 2.51. The molecule has 1 rings (SSSR count). The van der Waals surface area contributed by atoms with Gasteiger partial charge in [0.05, 0.1) is 12.3 Å². The molecule has 0 aromatic carbocycles. The van der Waals surface area contributed by atoms with E-state index in [9.17, 15) is 4.79 Å². The number of nitrogens with zero attached hydrogens (tertiary/aromatic N) is 1. The van der Waals surface area contributed by atoms with Crippen molar-refractivity contribution in [3.05, 3.63) is 17.5 Å². The summed E-state index contributed by atoms with van der Waals surface area (Å²) in [7, 11) is 0. The summed E-state index contributed by atoms with van der Waals surface area (Å²) in [5, 5.41) is 0. The Bertz CT molecular complexity index is 378. The van der Waals surface area contributed by atoms with Crippen molar-refractivity contribution in [2.75, 3.05) is 12.3 Å². The maximum atomic E-state index is 11.7. The first kappa shape index (κ1) is 19.5. The van der Waals surface area contributed by atoms with Crippen molar-refractivity contribution >= 4 is 36.5 Å². The second-order valence-corrected chi connectivity index (χ2v) is 3.81. The van der Waals surface area contributed by atoms with Crippen LogP contribution in [0.5, 0.6) is 0 Å². The second-order valence-electron chi connectivity index (χ2n) is 3.81. The number of unbranched alkanes of at least 4 members (excludes halogenated alkanes) is 1. The zero-order chi connectivity index (χ0) is 12.1. The quantitative estimate of drug-likeness (QED) is 0.849. The van der Waals surface area contributed by atoms with Crippen LogP contribution in [0, 0.1) is 6.92 Å². The number of aryl methyl sites for hydroxylation is 1. The summed E-state index contributed by atoms with van der Waals surface area (Å²) in [6.45, 7) is 7.09. The van der Waals surface area contributed by atoms with Crippen molar-refractivity contribution in [1.29, 1.82) is 0 Å². The summed E-state index contributed by atoms with van der Waals surface area (Å²) in [6.07, 6.45) is 4.01. The maximum Gasteiger partial charge on any atom is 0.342 e. The van der Waals surface area contributed by atoms with Crippen LogP contribution in [0.2, 0.25) is 0 Å². The van der Waals surface area contributed by atoms with E-state index < -0.39 is 0 Å². The number of carbonyl (C=O) groups is 1. The molecule has 0 spiro atoms. The molecule has 0 bridgehead atoms. The van der Waals surface area contributed by atoms with E-state index in [0.29, 0.717) is 17.9 Å². The van der Waals surface area contributed by atoms with E-state index in [1.54, 1.807) is 6.92 Å². The highest BCUT2D eigenvalue weighted by Crippen LogP contribution is 2.20. The molecule has 0 amide bonds. The summed E-state index contributed by atoms with van der Waals surface area (Å²) in [6, 6.07) is 0. The summed E-state index contributed by atoms with van der Waals surface area (Å²) in [5.41, 5.74) is 7.73. The van der Waals surface area contributed by atoms with Crippen LogP contribution in [0.1, 0.15) is 42.7 Å². The van der Waals surface area contributed by atoms with Crippen LogP contribution in [-0.2, 0) is 11.3 Å². The lowest BCUT2D eigenvalue weighted by atomic mass is 10.2. The van der Waals surface area contributed by atoms with Crippen LogP contribution in [-0.4, -0.2) is 17.1 Å². The number of hydrogen-bond acceptors (Lipinski definition) is 3. The van der Waals surface area contributed by atoms with Gasteiger partial charge in [-0.3, -0.25) is 0 Å². The minimum absolute atomic E-state index is 0. The molecular formula is C12H22Cl2N2O2.